The lowest BCUT2D eigenvalue weighted by Gasteiger charge is -2.28. The fraction of sp³-hybridized carbons (Fsp3) is 0.667. The van der Waals surface area contributed by atoms with Crippen LogP contribution in [0.25, 0.3) is 0 Å². The van der Waals surface area contributed by atoms with Gasteiger partial charge in [-0.1, -0.05) is 45.0 Å². The maximum absolute atomic E-state index is 12.2. The first-order valence-electron chi connectivity index (χ1n) is 9.90. The number of carbonyl (C=O) groups excluding carboxylic acids is 1. The predicted molar refractivity (Wildman–Crippen MR) is 104 cm³/mol. The van der Waals surface area contributed by atoms with Crippen LogP contribution in [-0.2, 0) is 17.9 Å². The summed E-state index contributed by atoms with van der Waals surface area (Å²) in [6.07, 6.45) is 3.11. The van der Waals surface area contributed by atoms with E-state index in [0.717, 1.165) is 32.7 Å². The zero-order chi connectivity index (χ0) is 18.1. The second-order valence-corrected chi connectivity index (χ2v) is 7.34. The number of piperidine rings is 1. The molecule has 0 spiro atoms. The van der Waals surface area contributed by atoms with Crippen molar-refractivity contribution in [3.63, 3.8) is 0 Å². The van der Waals surface area contributed by atoms with E-state index in [-0.39, 0.29) is 5.91 Å². The molecular weight excluding hydrogens is 310 g/mol. The molecule has 4 heteroatoms. The van der Waals surface area contributed by atoms with E-state index in [0.29, 0.717) is 24.8 Å². The van der Waals surface area contributed by atoms with E-state index < -0.39 is 0 Å². The third-order valence-electron chi connectivity index (χ3n) is 5.46. The van der Waals surface area contributed by atoms with Crippen molar-refractivity contribution >= 4 is 5.91 Å². The van der Waals surface area contributed by atoms with Crippen LogP contribution in [0.15, 0.2) is 24.3 Å². The van der Waals surface area contributed by atoms with Crippen molar-refractivity contribution in [3.8, 4) is 0 Å². The summed E-state index contributed by atoms with van der Waals surface area (Å²) in [6, 6.07) is 8.62. The molecule has 25 heavy (non-hydrogen) atoms. The summed E-state index contributed by atoms with van der Waals surface area (Å²) >= 11 is 0. The summed E-state index contributed by atoms with van der Waals surface area (Å²) < 4.78 is 0. The van der Waals surface area contributed by atoms with Crippen LogP contribution in [0, 0.1) is 11.8 Å². The minimum absolute atomic E-state index is 0.172. The molecule has 1 amide bonds. The molecule has 1 aromatic carbocycles. The average molecular weight is 346 g/mol. The molecule has 1 fully saturated rings. The van der Waals surface area contributed by atoms with Crippen LogP contribution in [0.5, 0.6) is 0 Å². The van der Waals surface area contributed by atoms with Crippen molar-refractivity contribution in [1.82, 2.24) is 15.5 Å². The van der Waals surface area contributed by atoms with Gasteiger partial charge in [-0.05, 0) is 62.0 Å². The first-order chi connectivity index (χ1) is 12.1. The number of carbonyl (C=O) groups is 1. The predicted octanol–water partition coefficient (Wildman–Crippen LogP) is 3.17. The molecule has 0 aromatic heterocycles. The van der Waals surface area contributed by atoms with Gasteiger partial charge in [-0.3, -0.25) is 9.69 Å². The molecule has 1 heterocycles. The van der Waals surface area contributed by atoms with Crippen molar-refractivity contribution in [1.29, 1.82) is 0 Å². The molecule has 0 aliphatic carbocycles. The smallest absolute Gasteiger partial charge is 0.220 e. The van der Waals surface area contributed by atoms with Crippen molar-refractivity contribution in [2.75, 3.05) is 26.2 Å². The highest BCUT2D eigenvalue weighted by Crippen LogP contribution is 2.22. The molecule has 1 aromatic rings. The first-order valence-corrected chi connectivity index (χ1v) is 9.90. The summed E-state index contributed by atoms with van der Waals surface area (Å²) in [6.45, 7) is 12.5. The fourth-order valence-corrected chi connectivity index (χ4v) is 3.56. The SMILES string of the molecule is CCN(CC)Cc1ccc(CNC(=O)CC(C)C2CCCNC2)cc1. The van der Waals surface area contributed by atoms with Gasteiger partial charge in [0, 0.05) is 19.5 Å². The summed E-state index contributed by atoms with van der Waals surface area (Å²) in [5.41, 5.74) is 2.50. The van der Waals surface area contributed by atoms with Gasteiger partial charge in [0.1, 0.15) is 0 Å². The summed E-state index contributed by atoms with van der Waals surface area (Å²) in [7, 11) is 0. The summed E-state index contributed by atoms with van der Waals surface area (Å²) in [5, 5.41) is 6.52. The van der Waals surface area contributed by atoms with Gasteiger partial charge >= 0.3 is 0 Å². The van der Waals surface area contributed by atoms with Gasteiger partial charge in [-0.2, -0.15) is 0 Å². The van der Waals surface area contributed by atoms with Crippen LogP contribution in [-0.4, -0.2) is 37.0 Å². The topological polar surface area (TPSA) is 44.4 Å². The lowest BCUT2D eigenvalue weighted by molar-refractivity contribution is -0.122. The molecule has 0 bridgehead atoms. The molecule has 2 unspecified atom stereocenters. The van der Waals surface area contributed by atoms with Crippen LogP contribution in [0.2, 0.25) is 0 Å². The third-order valence-corrected chi connectivity index (χ3v) is 5.46. The molecule has 1 aliphatic rings. The van der Waals surface area contributed by atoms with Crippen LogP contribution >= 0.6 is 0 Å². The van der Waals surface area contributed by atoms with Gasteiger partial charge in [0.25, 0.3) is 0 Å². The highest BCUT2D eigenvalue weighted by Gasteiger charge is 2.21. The maximum Gasteiger partial charge on any atom is 0.220 e. The van der Waals surface area contributed by atoms with E-state index in [9.17, 15) is 4.79 Å². The van der Waals surface area contributed by atoms with Crippen molar-refractivity contribution in [2.45, 2.75) is 53.1 Å². The minimum Gasteiger partial charge on any atom is -0.352 e. The van der Waals surface area contributed by atoms with Crippen LogP contribution in [0.3, 0.4) is 0 Å². The lowest BCUT2D eigenvalue weighted by Crippen LogP contribution is -2.35. The zero-order valence-corrected chi connectivity index (χ0v) is 16.2. The Morgan fingerprint density at radius 2 is 1.92 bits per heavy atom. The molecule has 0 saturated carbocycles. The van der Waals surface area contributed by atoms with Crippen molar-refractivity contribution < 1.29 is 4.79 Å². The first kappa shape index (κ1) is 19.9. The monoisotopic (exact) mass is 345 g/mol. The van der Waals surface area contributed by atoms with E-state index in [1.807, 2.05) is 0 Å². The van der Waals surface area contributed by atoms with Gasteiger partial charge in [0.05, 0.1) is 0 Å². The number of rotatable bonds is 9. The molecular formula is C21H35N3O. The summed E-state index contributed by atoms with van der Waals surface area (Å²) in [4.78, 5) is 14.6. The summed E-state index contributed by atoms with van der Waals surface area (Å²) in [5.74, 6) is 1.26. The van der Waals surface area contributed by atoms with E-state index >= 15 is 0 Å². The number of benzene rings is 1. The molecule has 2 rings (SSSR count). The molecule has 0 radical (unpaired) electrons. The van der Waals surface area contributed by atoms with Crippen molar-refractivity contribution in [3.05, 3.63) is 35.4 Å². The molecule has 140 valence electrons. The quantitative estimate of drug-likeness (QED) is 0.722. The minimum atomic E-state index is 0.172. The second kappa shape index (κ2) is 10.6. The highest BCUT2D eigenvalue weighted by molar-refractivity contribution is 5.76. The molecule has 1 aliphatic heterocycles. The second-order valence-electron chi connectivity index (χ2n) is 7.34. The number of nitrogens with one attached hydrogen (secondary N) is 2. The Bertz CT molecular complexity index is 504. The van der Waals surface area contributed by atoms with Gasteiger partial charge in [-0.15, -0.1) is 0 Å². The lowest BCUT2D eigenvalue weighted by atomic mass is 9.85. The normalized spacial score (nSPS) is 19.0. The number of hydrogen-bond donors (Lipinski definition) is 2. The van der Waals surface area contributed by atoms with Crippen LogP contribution in [0.4, 0.5) is 0 Å². The molecule has 2 N–H and O–H groups in total. The average Bonchev–Trinajstić information content (AvgIpc) is 2.66. The van der Waals surface area contributed by atoms with Gasteiger partial charge in [-0.25, -0.2) is 0 Å². The zero-order valence-electron chi connectivity index (χ0n) is 16.2. The van der Waals surface area contributed by atoms with Gasteiger partial charge < -0.3 is 10.6 Å². The van der Waals surface area contributed by atoms with E-state index in [1.165, 1.54) is 24.0 Å². The van der Waals surface area contributed by atoms with Crippen LogP contribution < -0.4 is 10.6 Å². The number of amides is 1. The Kier molecular flexibility index (Phi) is 8.42. The highest BCUT2D eigenvalue weighted by atomic mass is 16.1. The Morgan fingerprint density at radius 1 is 1.24 bits per heavy atom. The Morgan fingerprint density at radius 3 is 2.52 bits per heavy atom. The van der Waals surface area contributed by atoms with Gasteiger partial charge in [0.2, 0.25) is 5.91 Å². The fourth-order valence-electron chi connectivity index (χ4n) is 3.56. The third kappa shape index (κ3) is 6.79. The van der Waals surface area contributed by atoms with Crippen molar-refractivity contribution in [2.24, 2.45) is 11.8 Å². The van der Waals surface area contributed by atoms with E-state index in [2.05, 4.69) is 60.6 Å². The molecule has 4 nitrogen and oxygen atoms in total. The Hall–Kier alpha value is -1.39. The Balaban J connectivity index is 1.73. The van der Waals surface area contributed by atoms with Crippen LogP contribution in [0.1, 0.15) is 51.2 Å². The number of nitrogens with zero attached hydrogens (tertiary/aromatic N) is 1. The Labute approximate surface area is 153 Å². The maximum atomic E-state index is 12.2. The number of hydrogen-bond acceptors (Lipinski definition) is 3. The van der Waals surface area contributed by atoms with E-state index in [1.54, 1.807) is 0 Å². The molecule has 2 atom stereocenters. The van der Waals surface area contributed by atoms with Gasteiger partial charge in [0.15, 0.2) is 0 Å². The van der Waals surface area contributed by atoms with E-state index in [4.69, 9.17) is 0 Å². The largest absolute Gasteiger partial charge is 0.352 e. The standard InChI is InChI=1S/C21H35N3O/c1-4-24(5-2)16-19-10-8-18(9-11-19)14-23-21(25)13-17(3)20-7-6-12-22-15-20/h8-11,17,20,22H,4-7,12-16H2,1-3H3,(H,23,25). The molecule has 1 saturated heterocycles.